The van der Waals surface area contributed by atoms with Crippen LogP contribution >= 0.6 is 0 Å². The van der Waals surface area contributed by atoms with Crippen molar-refractivity contribution < 1.29 is 4.79 Å². The Balaban J connectivity index is 1.52. The van der Waals surface area contributed by atoms with Gasteiger partial charge in [0.05, 0.1) is 28.0 Å². The molecule has 2 fully saturated rings. The van der Waals surface area contributed by atoms with Gasteiger partial charge in [-0.2, -0.15) is 0 Å². The van der Waals surface area contributed by atoms with Gasteiger partial charge in [-0.05, 0) is 44.7 Å². The molecule has 0 atom stereocenters. The number of benzene rings is 1. The molecule has 0 saturated heterocycles. The first-order valence-corrected chi connectivity index (χ1v) is 9.23. The van der Waals surface area contributed by atoms with E-state index >= 15 is 0 Å². The van der Waals surface area contributed by atoms with Crippen LogP contribution in [0, 0.1) is 6.92 Å². The molecule has 6 heteroatoms. The number of hydrogen-bond acceptors (Lipinski definition) is 4. The molecule has 2 aromatic heterocycles. The van der Waals surface area contributed by atoms with Crippen LogP contribution in [-0.2, 0) is 5.54 Å². The minimum Gasteiger partial charge on any atom is -0.366 e. The average molecular weight is 345 g/mol. The smallest absolute Gasteiger partial charge is 0.253 e. The minimum atomic E-state index is -0.143. The lowest BCUT2D eigenvalue weighted by Gasteiger charge is -2.11. The molecule has 1 amide bonds. The maximum Gasteiger partial charge on any atom is 0.253 e. The van der Waals surface area contributed by atoms with Crippen molar-refractivity contribution in [3.63, 3.8) is 0 Å². The third-order valence-corrected chi connectivity index (χ3v) is 5.72. The number of para-hydroxylation sites is 1. The molecular weight excluding hydrogens is 326 g/mol. The van der Waals surface area contributed by atoms with E-state index in [9.17, 15) is 4.79 Å². The van der Waals surface area contributed by atoms with Gasteiger partial charge < -0.3 is 15.6 Å². The number of aromatic amines is 1. The molecule has 3 N–H and O–H groups in total. The molecule has 0 bridgehead atoms. The third kappa shape index (κ3) is 1.95. The molecule has 0 radical (unpaired) electrons. The summed E-state index contributed by atoms with van der Waals surface area (Å²) in [5, 5.41) is 6.58. The van der Waals surface area contributed by atoms with Crippen LogP contribution in [0.3, 0.4) is 0 Å². The van der Waals surface area contributed by atoms with Crippen LogP contribution in [0.5, 0.6) is 0 Å². The Kier molecular flexibility index (Phi) is 2.55. The molecule has 2 saturated carbocycles. The first-order chi connectivity index (χ1) is 12.6. The van der Waals surface area contributed by atoms with Gasteiger partial charge >= 0.3 is 0 Å². The fraction of sp³-hybridized carbons (Fsp3) is 0.350. The van der Waals surface area contributed by atoms with E-state index < -0.39 is 0 Å². The fourth-order valence-corrected chi connectivity index (χ4v) is 3.94. The second kappa shape index (κ2) is 4.63. The first kappa shape index (κ1) is 14.3. The number of carbonyl (C=O) groups is 1. The number of fused-ring (bicyclic) bond motifs is 3. The minimum absolute atomic E-state index is 0.0262. The summed E-state index contributed by atoms with van der Waals surface area (Å²) in [7, 11) is 0. The zero-order valence-electron chi connectivity index (χ0n) is 14.5. The Morgan fingerprint density at radius 1 is 1.19 bits per heavy atom. The number of H-pyrrole nitrogens is 1. The summed E-state index contributed by atoms with van der Waals surface area (Å²) in [5.74, 6) is 0.890. The molecule has 1 aliphatic heterocycles. The molecule has 2 aliphatic carbocycles. The number of aryl methyl sites for hydroxylation is 1. The summed E-state index contributed by atoms with van der Waals surface area (Å²) in [5.41, 5.74) is 6.26. The number of nitrogens with one attached hydrogen (secondary N) is 3. The molecule has 26 heavy (non-hydrogen) atoms. The normalized spacial score (nSPS) is 19.7. The summed E-state index contributed by atoms with van der Waals surface area (Å²) >= 11 is 0. The number of nitrogens with zero attached hydrogens (tertiary/aromatic N) is 2. The van der Waals surface area contributed by atoms with Crippen LogP contribution in [0.1, 0.15) is 47.4 Å². The number of anilines is 1. The van der Waals surface area contributed by atoms with Crippen molar-refractivity contribution in [3.05, 3.63) is 41.2 Å². The summed E-state index contributed by atoms with van der Waals surface area (Å²) in [6, 6.07) is 8.53. The van der Waals surface area contributed by atoms with Gasteiger partial charge in [0.1, 0.15) is 11.3 Å². The zero-order valence-corrected chi connectivity index (χ0v) is 14.5. The topological polar surface area (TPSA) is 82.7 Å². The second-order valence-corrected chi connectivity index (χ2v) is 7.76. The molecule has 6 nitrogen and oxygen atoms in total. The second-order valence-electron chi connectivity index (χ2n) is 7.76. The monoisotopic (exact) mass is 345 g/mol. The van der Waals surface area contributed by atoms with Gasteiger partial charge in [-0.25, -0.2) is 9.97 Å². The number of hydrogen-bond donors (Lipinski definition) is 3. The SMILES string of the molecule is Cc1nc2cccc(-c3cc4c([nH]3)C3(CC3)NC4=O)c2nc1NC1CC1. The van der Waals surface area contributed by atoms with Gasteiger partial charge in [0.2, 0.25) is 0 Å². The van der Waals surface area contributed by atoms with Crippen molar-refractivity contribution in [1.29, 1.82) is 0 Å². The maximum atomic E-state index is 12.3. The molecule has 0 unspecified atom stereocenters. The first-order valence-electron chi connectivity index (χ1n) is 9.23. The number of rotatable bonds is 3. The highest BCUT2D eigenvalue weighted by molar-refractivity contribution is 6.02. The van der Waals surface area contributed by atoms with Crippen LogP contribution in [0.15, 0.2) is 24.3 Å². The molecule has 1 aromatic carbocycles. The van der Waals surface area contributed by atoms with Crippen LogP contribution in [0.25, 0.3) is 22.3 Å². The van der Waals surface area contributed by atoms with E-state index in [1.54, 1.807) is 0 Å². The van der Waals surface area contributed by atoms with Crippen LogP contribution < -0.4 is 10.6 Å². The van der Waals surface area contributed by atoms with Gasteiger partial charge in [-0.15, -0.1) is 0 Å². The van der Waals surface area contributed by atoms with Gasteiger partial charge in [0.25, 0.3) is 5.91 Å². The lowest BCUT2D eigenvalue weighted by atomic mass is 10.1. The Bertz CT molecular complexity index is 1090. The predicted molar refractivity (Wildman–Crippen MR) is 99.1 cm³/mol. The Morgan fingerprint density at radius 2 is 2.04 bits per heavy atom. The van der Waals surface area contributed by atoms with Gasteiger partial charge in [0.15, 0.2) is 0 Å². The van der Waals surface area contributed by atoms with E-state index in [-0.39, 0.29) is 11.4 Å². The highest BCUT2D eigenvalue weighted by Gasteiger charge is 2.53. The largest absolute Gasteiger partial charge is 0.366 e. The summed E-state index contributed by atoms with van der Waals surface area (Å²) in [6.07, 6.45) is 4.41. The van der Waals surface area contributed by atoms with Gasteiger partial charge in [0, 0.05) is 17.3 Å². The molecule has 130 valence electrons. The zero-order chi connectivity index (χ0) is 17.5. The summed E-state index contributed by atoms with van der Waals surface area (Å²) in [4.78, 5) is 25.4. The molecular formula is C20H19N5O. The highest BCUT2D eigenvalue weighted by atomic mass is 16.2. The number of carbonyl (C=O) groups excluding carboxylic acids is 1. The molecule has 3 aliphatic rings. The standard InChI is InChI=1S/C20H19N5O/c1-10-18(22-11-5-6-11)24-16-12(3-2-4-14(16)21-10)15-9-13-17(23-15)20(7-8-20)25-19(13)26/h2-4,9,11,23H,5-8H2,1H3,(H,22,24)(H,25,26). The van der Waals surface area contributed by atoms with E-state index in [0.29, 0.717) is 6.04 Å². The number of aromatic nitrogens is 3. The summed E-state index contributed by atoms with van der Waals surface area (Å²) in [6.45, 7) is 1.99. The average Bonchev–Trinajstić information content (AvgIpc) is 3.53. The lowest BCUT2D eigenvalue weighted by molar-refractivity contribution is 0.0952. The quantitative estimate of drug-likeness (QED) is 0.680. The maximum absolute atomic E-state index is 12.3. The number of amides is 1. The Labute approximate surface area is 150 Å². The van der Waals surface area contributed by atoms with Crippen molar-refractivity contribution in [3.8, 4) is 11.3 Å². The molecule has 3 heterocycles. The molecule has 1 spiro atoms. The lowest BCUT2D eigenvalue weighted by Crippen LogP contribution is -2.26. The fourth-order valence-electron chi connectivity index (χ4n) is 3.94. The van der Waals surface area contributed by atoms with Gasteiger partial charge in [-0.3, -0.25) is 4.79 Å². The van der Waals surface area contributed by atoms with Crippen LogP contribution in [0.4, 0.5) is 5.82 Å². The van der Waals surface area contributed by atoms with E-state index in [4.69, 9.17) is 9.97 Å². The van der Waals surface area contributed by atoms with Crippen molar-refractivity contribution in [2.24, 2.45) is 0 Å². The highest BCUT2D eigenvalue weighted by Crippen LogP contribution is 2.50. The van der Waals surface area contributed by atoms with E-state index in [2.05, 4.69) is 15.6 Å². The molecule has 6 rings (SSSR count). The Morgan fingerprint density at radius 3 is 2.81 bits per heavy atom. The van der Waals surface area contributed by atoms with Crippen LogP contribution in [0.2, 0.25) is 0 Å². The van der Waals surface area contributed by atoms with Crippen molar-refractivity contribution in [2.45, 2.75) is 44.2 Å². The summed E-state index contributed by atoms with van der Waals surface area (Å²) < 4.78 is 0. The predicted octanol–water partition coefficient (Wildman–Crippen LogP) is 3.24. The Hall–Kier alpha value is -2.89. The van der Waals surface area contributed by atoms with E-state index in [0.717, 1.165) is 57.9 Å². The van der Waals surface area contributed by atoms with E-state index in [1.807, 2.05) is 31.2 Å². The van der Waals surface area contributed by atoms with Crippen molar-refractivity contribution >= 4 is 22.8 Å². The molecule has 3 aromatic rings. The van der Waals surface area contributed by atoms with Crippen molar-refractivity contribution in [1.82, 2.24) is 20.3 Å². The van der Waals surface area contributed by atoms with E-state index in [1.165, 1.54) is 12.8 Å². The van der Waals surface area contributed by atoms with Crippen LogP contribution in [-0.4, -0.2) is 26.9 Å². The van der Waals surface area contributed by atoms with Crippen molar-refractivity contribution in [2.75, 3.05) is 5.32 Å². The third-order valence-electron chi connectivity index (χ3n) is 5.72. The van der Waals surface area contributed by atoms with Gasteiger partial charge in [-0.1, -0.05) is 12.1 Å².